The molecule has 137 valence electrons. The molecular formula is C13H19BN8O2PS. The van der Waals surface area contributed by atoms with E-state index in [1.165, 1.54) is 6.33 Å². The quantitative estimate of drug-likeness (QED) is 0.172. The zero-order valence-corrected chi connectivity index (χ0v) is 15.7. The molecule has 2 unspecified atom stereocenters. The zero-order valence-electron chi connectivity index (χ0n) is 17.0. The van der Waals surface area contributed by atoms with Crippen molar-refractivity contribution in [3.63, 3.8) is 0 Å². The van der Waals surface area contributed by atoms with Crippen molar-refractivity contribution in [2.24, 2.45) is 11.0 Å². The SMILES string of the molecule is [2H]P([B][3H])SOC[C@H]1O[C@@H](n2cnc3c(NCC[3H])ncnc32)[C@@H](C)C1N=[N+]=[N-]. The summed E-state index contributed by atoms with van der Waals surface area (Å²) in [6.07, 6.45) is 2.04. The molecule has 2 aromatic heterocycles. The highest BCUT2D eigenvalue weighted by Gasteiger charge is 2.43. The lowest BCUT2D eigenvalue weighted by Gasteiger charge is -2.17. The second kappa shape index (κ2) is 8.88. The van der Waals surface area contributed by atoms with Crippen LogP contribution in [0.3, 0.4) is 0 Å². The number of nitrogens with zero attached hydrogens (tertiary/aromatic N) is 7. The Morgan fingerprint density at radius 3 is 3.46 bits per heavy atom. The van der Waals surface area contributed by atoms with Crippen LogP contribution in [0.15, 0.2) is 17.8 Å². The van der Waals surface area contributed by atoms with Crippen molar-refractivity contribution in [1.82, 2.24) is 19.5 Å². The van der Waals surface area contributed by atoms with Crippen molar-refractivity contribution in [2.45, 2.75) is 32.2 Å². The summed E-state index contributed by atoms with van der Waals surface area (Å²) in [6, 6.07) is -0.470. The van der Waals surface area contributed by atoms with Gasteiger partial charge in [0.1, 0.15) is 20.1 Å². The first-order valence-electron chi connectivity index (χ1n) is 9.53. The number of ether oxygens (including phenoxy) is 1. The lowest BCUT2D eigenvalue weighted by molar-refractivity contribution is -0.0236. The molecule has 0 saturated carbocycles. The molecule has 10 nitrogen and oxygen atoms in total. The minimum atomic E-state index is -1.44. The smallest absolute Gasteiger partial charge is 0.167 e. The second-order valence-electron chi connectivity index (χ2n) is 5.56. The standard InChI is InChI=1S/C13H19BN8O2PS/c1-3-16-11-10-12(18-5-17-11)22(6-19-10)13-7(2)9(20-21-15)8(24-13)4-23-26-25-14/h5-9,13-14,25H,3-4H2,1-2H3,(H,16,17,18)/t7-,8+,9?,13+,25?/m0/s1/i1T,14T,25D. The molecule has 1 aliphatic heterocycles. The first kappa shape index (κ1) is 15.5. The van der Waals surface area contributed by atoms with Crippen molar-refractivity contribution >= 4 is 43.8 Å². The summed E-state index contributed by atoms with van der Waals surface area (Å²) in [5, 5.41) is 6.94. The molecule has 26 heavy (non-hydrogen) atoms. The fourth-order valence-corrected chi connectivity index (χ4v) is 3.62. The van der Waals surface area contributed by atoms with E-state index in [0.717, 1.165) is 19.2 Å². The number of fused-ring (bicyclic) bond motifs is 1. The highest BCUT2D eigenvalue weighted by molar-refractivity contribution is 8.53. The third-order valence-electron chi connectivity index (χ3n) is 4.12. The van der Waals surface area contributed by atoms with E-state index in [4.69, 9.17) is 18.4 Å². The molecule has 3 rings (SSSR count). The summed E-state index contributed by atoms with van der Waals surface area (Å²) < 4.78 is 35.3. The Morgan fingerprint density at radius 2 is 2.65 bits per heavy atom. The van der Waals surface area contributed by atoms with E-state index in [1.54, 1.807) is 10.9 Å². The second-order valence-corrected chi connectivity index (χ2v) is 7.23. The molecular weight excluding hydrogens is 374 g/mol. The Morgan fingerprint density at radius 1 is 1.73 bits per heavy atom. The molecule has 1 fully saturated rings. The van der Waals surface area contributed by atoms with Gasteiger partial charge in [-0.2, -0.15) is 0 Å². The van der Waals surface area contributed by atoms with Crippen LogP contribution in [0, 0.1) is 5.92 Å². The van der Waals surface area contributed by atoms with Crippen LogP contribution in [0.25, 0.3) is 21.6 Å². The fourth-order valence-electron chi connectivity index (χ4n) is 3.00. The highest BCUT2D eigenvalue weighted by Crippen LogP contribution is 2.39. The van der Waals surface area contributed by atoms with Gasteiger partial charge in [-0.3, -0.25) is 4.57 Å². The van der Waals surface area contributed by atoms with E-state index in [0.29, 0.717) is 23.5 Å². The van der Waals surface area contributed by atoms with Crippen molar-refractivity contribution in [2.75, 3.05) is 18.5 Å². The Bertz CT molecular complexity index is 878. The molecule has 13 heteroatoms. The van der Waals surface area contributed by atoms with Gasteiger partial charge >= 0.3 is 0 Å². The highest BCUT2D eigenvalue weighted by atomic mass is 32.7. The molecule has 0 aromatic carbocycles. The van der Waals surface area contributed by atoms with Crippen molar-refractivity contribution in [3.8, 4) is 0 Å². The molecule has 0 bridgehead atoms. The minimum absolute atomic E-state index is 0.124. The molecule has 3 heterocycles. The largest absolute Gasteiger partial charge is 0.368 e. The van der Waals surface area contributed by atoms with E-state index >= 15 is 0 Å². The van der Waals surface area contributed by atoms with E-state index in [-0.39, 0.29) is 19.4 Å². The average Bonchev–Trinajstić information content (AvgIpc) is 3.29. The third kappa shape index (κ3) is 3.75. The summed E-state index contributed by atoms with van der Waals surface area (Å²) in [7, 11) is -0.414. The van der Waals surface area contributed by atoms with Crippen LogP contribution in [0.1, 0.15) is 21.4 Å². The Kier molecular flexibility index (Phi) is 5.29. The molecule has 5 atom stereocenters. The van der Waals surface area contributed by atoms with Gasteiger partial charge in [-0.1, -0.05) is 19.6 Å². The van der Waals surface area contributed by atoms with Crippen LogP contribution < -0.4 is 5.32 Å². The predicted molar refractivity (Wildman–Crippen MR) is 105 cm³/mol. The van der Waals surface area contributed by atoms with Gasteiger partial charge in [0.15, 0.2) is 17.0 Å². The summed E-state index contributed by atoms with van der Waals surface area (Å²) in [5.74, 6) is 0.367. The first-order valence-corrected chi connectivity index (χ1v) is 10.1. The number of hydrogen-bond acceptors (Lipinski definition) is 8. The van der Waals surface area contributed by atoms with E-state index in [1.807, 2.05) is 6.92 Å². The molecule has 1 saturated heterocycles. The first-order chi connectivity index (χ1) is 14.1. The summed E-state index contributed by atoms with van der Waals surface area (Å²) in [5.41, 5.74) is 10.1. The van der Waals surface area contributed by atoms with Gasteiger partial charge in [-0.05, 0) is 13.8 Å². The number of azide groups is 1. The Labute approximate surface area is 161 Å². The van der Waals surface area contributed by atoms with Crippen molar-refractivity contribution in [3.05, 3.63) is 23.1 Å². The normalized spacial score (nSPS) is 28.0. The summed E-state index contributed by atoms with van der Waals surface area (Å²) in [6.45, 7) is 2.69. The van der Waals surface area contributed by atoms with Gasteiger partial charge in [0, 0.05) is 30.4 Å². The summed E-state index contributed by atoms with van der Waals surface area (Å²) in [4.78, 5) is 15.8. The molecule has 1 radical (unpaired) electrons. The Hall–Kier alpha value is -1.58. The summed E-state index contributed by atoms with van der Waals surface area (Å²) >= 11 is 0.906. The van der Waals surface area contributed by atoms with Crippen LogP contribution in [0.4, 0.5) is 5.82 Å². The lowest BCUT2D eigenvalue weighted by Crippen LogP contribution is -2.26. The number of hydrogen-bond donors (Lipinski definition) is 1. The Balaban J connectivity index is 1.82. The van der Waals surface area contributed by atoms with E-state index < -0.39 is 26.0 Å². The molecule has 0 spiro atoms. The molecule has 2 aromatic rings. The lowest BCUT2D eigenvalue weighted by atomic mass is 10.00. The molecule has 1 N–H and O–H groups in total. The maximum absolute atomic E-state index is 8.96. The number of aromatic nitrogens is 4. The van der Waals surface area contributed by atoms with Crippen LogP contribution in [0.2, 0.25) is 0 Å². The van der Waals surface area contributed by atoms with E-state index in [9.17, 15) is 0 Å². The van der Waals surface area contributed by atoms with Crippen molar-refractivity contribution < 1.29 is 10.3 Å². The third-order valence-corrected chi connectivity index (χ3v) is 5.02. The van der Waals surface area contributed by atoms with Gasteiger partial charge in [0.25, 0.3) is 0 Å². The maximum atomic E-state index is 8.96. The van der Waals surface area contributed by atoms with Crippen LogP contribution in [-0.2, 0) is 8.92 Å². The molecule has 1 aliphatic rings. The van der Waals surface area contributed by atoms with Crippen LogP contribution in [-0.4, -0.2) is 55.0 Å². The average molecular weight is 398 g/mol. The molecule has 0 amide bonds. The van der Waals surface area contributed by atoms with Gasteiger partial charge in [0.05, 0.1) is 26.4 Å². The molecule has 0 aliphatic carbocycles. The van der Waals surface area contributed by atoms with Crippen LogP contribution in [0.5, 0.6) is 0 Å². The predicted octanol–water partition coefficient (Wildman–Crippen LogP) is 2.54. The van der Waals surface area contributed by atoms with Crippen LogP contribution >= 0.6 is 19.3 Å². The van der Waals surface area contributed by atoms with Gasteiger partial charge < -0.3 is 14.2 Å². The number of imidazole rings is 1. The van der Waals surface area contributed by atoms with Gasteiger partial charge in [-0.15, -0.1) is 0 Å². The van der Waals surface area contributed by atoms with Gasteiger partial charge in [0.2, 0.25) is 0 Å². The van der Waals surface area contributed by atoms with Gasteiger partial charge in [-0.25, -0.2) is 15.0 Å². The number of rotatable bonds is 9. The van der Waals surface area contributed by atoms with Crippen molar-refractivity contribution in [1.29, 1.82) is 2.61 Å². The number of nitrogens with one attached hydrogen (secondary N) is 1. The topological polar surface area (TPSA) is 123 Å². The fraction of sp³-hybridized carbons (Fsp3) is 0.615. The monoisotopic (exact) mass is 398 g/mol. The maximum Gasteiger partial charge on any atom is 0.167 e. The van der Waals surface area contributed by atoms with E-state index in [2.05, 4.69) is 30.3 Å². The minimum Gasteiger partial charge on any atom is -0.368 e. The number of anilines is 1. The zero-order chi connectivity index (χ0) is 20.8.